The molecule has 1 saturated heterocycles. The number of fused-ring (bicyclic) bond motifs is 2. The van der Waals surface area contributed by atoms with Gasteiger partial charge in [-0.2, -0.15) is 8.78 Å². The number of amides is 1. The number of methoxy groups -OCH3 is 1. The Morgan fingerprint density at radius 3 is 2.42 bits per heavy atom. The Kier molecular flexibility index (Phi) is 6.11. The van der Waals surface area contributed by atoms with Crippen LogP contribution in [0, 0.1) is 5.82 Å². The first-order valence-electron chi connectivity index (χ1n) is 11.5. The average Bonchev–Trinajstić information content (AvgIpc) is 3.25. The van der Waals surface area contributed by atoms with Crippen LogP contribution < -0.4 is 15.0 Å². The van der Waals surface area contributed by atoms with E-state index in [9.17, 15) is 22.8 Å². The van der Waals surface area contributed by atoms with Crippen molar-refractivity contribution < 1.29 is 27.4 Å². The van der Waals surface area contributed by atoms with Crippen LogP contribution in [0.15, 0.2) is 47.5 Å². The Morgan fingerprint density at radius 2 is 1.72 bits per heavy atom. The van der Waals surface area contributed by atoms with E-state index in [1.807, 2.05) is 0 Å². The summed E-state index contributed by atoms with van der Waals surface area (Å²) >= 11 is 0. The summed E-state index contributed by atoms with van der Waals surface area (Å²) in [5.41, 5.74) is 0.321. The number of benzene rings is 2. The van der Waals surface area contributed by atoms with Gasteiger partial charge in [0.15, 0.2) is 11.5 Å². The lowest BCUT2D eigenvalue weighted by molar-refractivity contribution is -0.0511. The smallest absolute Gasteiger partial charge is 0.387 e. The van der Waals surface area contributed by atoms with Crippen molar-refractivity contribution in [3.63, 3.8) is 0 Å². The van der Waals surface area contributed by atoms with Gasteiger partial charge in [0, 0.05) is 43.3 Å². The number of likely N-dealkylation sites (tertiary alicyclic amines) is 1. The molecule has 1 aliphatic rings. The Morgan fingerprint density at radius 1 is 1.00 bits per heavy atom. The summed E-state index contributed by atoms with van der Waals surface area (Å²) in [6.07, 6.45) is 5.81. The van der Waals surface area contributed by atoms with E-state index >= 15 is 0 Å². The molecule has 7 nitrogen and oxygen atoms in total. The number of rotatable bonds is 5. The molecule has 0 bridgehead atoms. The van der Waals surface area contributed by atoms with E-state index in [1.54, 1.807) is 34.8 Å². The lowest BCUT2D eigenvalue weighted by Crippen LogP contribution is -2.36. The van der Waals surface area contributed by atoms with E-state index in [2.05, 4.69) is 4.74 Å². The fourth-order valence-electron chi connectivity index (χ4n) is 4.78. The van der Waals surface area contributed by atoms with Gasteiger partial charge in [0.25, 0.3) is 11.5 Å². The number of hydrogen-bond acceptors (Lipinski definition) is 4. The van der Waals surface area contributed by atoms with Crippen LogP contribution in [0.4, 0.5) is 13.2 Å². The molecule has 1 fully saturated rings. The molecule has 1 aliphatic heterocycles. The first-order valence-corrected chi connectivity index (χ1v) is 11.5. The van der Waals surface area contributed by atoms with Crippen LogP contribution >= 0.6 is 0 Å². The molecule has 36 heavy (non-hydrogen) atoms. The van der Waals surface area contributed by atoms with Crippen molar-refractivity contribution in [2.75, 3.05) is 20.2 Å². The third-order valence-electron chi connectivity index (χ3n) is 6.61. The molecular formula is C26H24F3N3O4. The van der Waals surface area contributed by atoms with E-state index in [0.29, 0.717) is 24.0 Å². The maximum atomic E-state index is 14.9. The van der Waals surface area contributed by atoms with Crippen LogP contribution in [-0.2, 0) is 7.05 Å². The zero-order valence-corrected chi connectivity index (χ0v) is 19.8. The minimum atomic E-state index is -3.15. The number of alkyl halides is 2. The molecule has 2 aromatic heterocycles. The number of carbonyl (C=O) groups is 1. The maximum absolute atomic E-state index is 14.9. The highest BCUT2D eigenvalue weighted by molar-refractivity contribution is 6.07. The first-order chi connectivity index (χ1) is 17.3. The Balaban J connectivity index is 1.80. The molecule has 0 aliphatic carbocycles. The molecule has 188 valence electrons. The number of carbonyl (C=O) groups excluding carboxylic acids is 1. The molecule has 1 amide bonds. The topological polar surface area (TPSA) is 65.7 Å². The zero-order chi connectivity index (χ0) is 25.6. The maximum Gasteiger partial charge on any atom is 0.387 e. The fourth-order valence-corrected chi connectivity index (χ4v) is 4.78. The van der Waals surface area contributed by atoms with Gasteiger partial charge in [0.05, 0.1) is 29.3 Å². The second kappa shape index (κ2) is 9.25. The Bertz CT molecular complexity index is 1540. The number of pyridine rings is 1. The van der Waals surface area contributed by atoms with Gasteiger partial charge in [-0.3, -0.25) is 14.2 Å². The van der Waals surface area contributed by atoms with Gasteiger partial charge >= 0.3 is 6.61 Å². The van der Waals surface area contributed by atoms with E-state index in [4.69, 9.17) is 4.74 Å². The van der Waals surface area contributed by atoms with E-state index in [-0.39, 0.29) is 39.4 Å². The van der Waals surface area contributed by atoms with Crippen molar-refractivity contribution in [3.8, 4) is 17.2 Å². The van der Waals surface area contributed by atoms with Crippen LogP contribution in [-0.4, -0.2) is 46.8 Å². The predicted molar refractivity (Wildman–Crippen MR) is 129 cm³/mol. The number of hydrogen-bond donors (Lipinski definition) is 0. The van der Waals surface area contributed by atoms with Crippen molar-refractivity contribution in [1.29, 1.82) is 0 Å². The van der Waals surface area contributed by atoms with Crippen LogP contribution in [0.3, 0.4) is 0 Å². The Hall–Kier alpha value is -3.95. The molecule has 2 aromatic carbocycles. The van der Waals surface area contributed by atoms with Crippen LogP contribution in [0.1, 0.15) is 29.6 Å². The molecule has 0 spiro atoms. The van der Waals surface area contributed by atoms with E-state index in [0.717, 1.165) is 25.3 Å². The van der Waals surface area contributed by atoms with Crippen molar-refractivity contribution in [2.45, 2.75) is 25.9 Å². The summed E-state index contributed by atoms with van der Waals surface area (Å²) in [6, 6.07) is 6.98. The molecule has 0 radical (unpaired) electrons. The van der Waals surface area contributed by atoms with Crippen molar-refractivity contribution in [2.24, 2.45) is 7.05 Å². The van der Waals surface area contributed by atoms with Gasteiger partial charge in [-0.1, -0.05) is 0 Å². The van der Waals surface area contributed by atoms with Crippen molar-refractivity contribution in [3.05, 3.63) is 64.5 Å². The molecule has 10 heteroatoms. The van der Waals surface area contributed by atoms with Crippen molar-refractivity contribution in [1.82, 2.24) is 14.0 Å². The molecule has 0 atom stereocenters. The van der Waals surface area contributed by atoms with E-state index < -0.39 is 18.0 Å². The normalized spacial score (nSPS) is 14.1. The molecule has 0 saturated carbocycles. The van der Waals surface area contributed by atoms with Crippen LogP contribution in [0.2, 0.25) is 0 Å². The largest absolute Gasteiger partial charge is 0.493 e. The quantitative estimate of drug-likeness (QED) is 0.394. The third kappa shape index (κ3) is 4.06. The number of aromatic nitrogens is 2. The third-order valence-corrected chi connectivity index (χ3v) is 6.61. The van der Waals surface area contributed by atoms with Crippen LogP contribution in [0.5, 0.6) is 11.5 Å². The van der Waals surface area contributed by atoms with E-state index in [1.165, 1.54) is 30.0 Å². The predicted octanol–water partition coefficient (Wildman–Crippen LogP) is 4.86. The standard InChI is InChI=1S/C26H24F3N3O4/c1-30-9-6-16-20(27)10-15(11-21(16)30)32-14-19(24(33)31-7-4-3-5-8-31)17-12-22(35-2)23(36-26(28)29)13-18(17)25(32)34/h6,9-14,26H,3-5,7-8H2,1-2H3. The van der Waals surface area contributed by atoms with Gasteiger partial charge in [-0.25, -0.2) is 4.39 Å². The molecule has 3 heterocycles. The second-order valence-corrected chi connectivity index (χ2v) is 8.78. The van der Waals surface area contributed by atoms with Gasteiger partial charge < -0.3 is 18.9 Å². The highest BCUT2D eigenvalue weighted by Crippen LogP contribution is 2.35. The number of piperidine rings is 1. The lowest BCUT2D eigenvalue weighted by atomic mass is 10.0. The summed E-state index contributed by atoms with van der Waals surface area (Å²) in [5, 5.41) is 0.601. The zero-order valence-electron chi connectivity index (χ0n) is 19.8. The van der Waals surface area contributed by atoms with Gasteiger partial charge in [-0.15, -0.1) is 0 Å². The summed E-state index contributed by atoms with van der Waals surface area (Å²) < 4.78 is 53.7. The number of halogens is 3. The summed E-state index contributed by atoms with van der Waals surface area (Å²) in [6.45, 7) is -2.02. The fraction of sp³-hybridized carbons (Fsp3) is 0.308. The Labute approximate surface area is 204 Å². The summed E-state index contributed by atoms with van der Waals surface area (Å²) in [5.74, 6) is -1.21. The number of nitrogens with zero attached hydrogens (tertiary/aromatic N) is 3. The molecule has 4 aromatic rings. The summed E-state index contributed by atoms with van der Waals surface area (Å²) in [7, 11) is 3.03. The van der Waals surface area contributed by atoms with Crippen molar-refractivity contribution >= 4 is 27.6 Å². The summed E-state index contributed by atoms with van der Waals surface area (Å²) in [4.78, 5) is 28.9. The minimum Gasteiger partial charge on any atom is -0.493 e. The minimum absolute atomic E-state index is 0.0262. The van der Waals surface area contributed by atoms with Gasteiger partial charge in [-0.05, 0) is 49.6 Å². The SMILES string of the molecule is COc1cc2c(C(=O)N3CCCCC3)cn(-c3cc(F)c4ccn(C)c4c3)c(=O)c2cc1OC(F)F. The first kappa shape index (κ1) is 23.8. The van der Waals surface area contributed by atoms with Crippen LogP contribution in [0.25, 0.3) is 27.4 Å². The number of ether oxygens (including phenoxy) is 2. The highest BCUT2D eigenvalue weighted by atomic mass is 19.3. The highest BCUT2D eigenvalue weighted by Gasteiger charge is 2.25. The second-order valence-electron chi connectivity index (χ2n) is 8.78. The van der Waals surface area contributed by atoms with Gasteiger partial charge in [0.1, 0.15) is 5.82 Å². The molecule has 5 rings (SSSR count). The number of aryl methyl sites for hydroxylation is 1. The average molecular weight is 499 g/mol. The lowest BCUT2D eigenvalue weighted by Gasteiger charge is -2.27. The molecule has 0 unspecified atom stereocenters. The monoisotopic (exact) mass is 499 g/mol. The molecular weight excluding hydrogens is 475 g/mol. The molecule has 0 N–H and O–H groups in total. The van der Waals surface area contributed by atoms with Gasteiger partial charge in [0.2, 0.25) is 0 Å².